The van der Waals surface area contributed by atoms with E-state index in [1.165, 1.54) is 0 Å². The number of amides is 1. The number of hydrogen-bond acceptors (Lipinski definition) is 4. The monoisotopic (exact) mass is 321 g/mol. The van der Waals surface area contributed by atoms with Crippen molar-refractivity contribution in [3.05, 3.63) is 29.6 Å². The second kappa shape index (κ2) is 12.8. The van der Waals surface area contributed by atoms with Crippen LogP contribution in [0.15, 0.2) is 18.3 Å². The number of hydrogen-bond donors (Lipinski definition) is 2. The molecule has 0 bridgehead atoms. The van der Waals surface area contributed by atoms with Gasteiger partial charge >= 0.3 is 0 Å². The van der Waals surface area contributed by atoms with E-state index in [1.807, 2.05) is 32.2 Å². The van der Waals surface area contributed by atoms with Gasteiger partial charge in [0.2, 0.25) is 5.91 Å². The predicted octanol–water partition coefficient (Wildman–Crippen LogP) is 3.07. The predicted molar refractivity (Wildman–Crippen MR) is 93.8 cm³/mol. The van der Waals surface area contributed by atoms with Crippen molar-refractivity contribution >= 4 is 11.7 Å². The second-order valence-electron chi connectivity index (χ2n) is 5.47. The summed E-state index contributed by atoms with van der Waals surface area (Å²) < 4.78 is 0. The number of unbranched alkanes of at least 4 members (excludes halogenated alkanes) is 2. The van der Waals surface area contributed by atoms with Crippen molar-refractivity contribution in [1.82, 2.24) is 4.98 Å². The Balaban J connectivity index is 0.00000232. The molecule has 0 aliphatic rings. The molecule has 5 heteroatoms. The average molecular weight is 321 g/mol. The lowest BCUT2D eigenvalue weighted by molar-refractivity contribution is -0.118. The van der Waals surface area contributed by atoms with Gasteiger partial charge in [-0.2, -0.15) is 0 Å². The Morgan fingerprint density at radius 2 is 1.83 bits per heavy atom. The molecule has 1 atom stereocenters. The third-order valence-electron chi connectivity index (χ3n) is 3.42. The minimum Gasteiger partial charge on any atom is -0.370 e. The van der Waals surface area contributed by atoms with Gasteiger partial charge in [-0.1, -0.05) is 26.3 Å². The Labute approximate surface area is 139 Å². The van der Waals surface area contributed by atoms with Crippen LogP contribution >= 0.6 is 0 Å². The second-order valence-corrected chi connectivity index (χ2v) is 5.47. The molecule has 0 saturated heterocycles. The standard InChI is InChI=1S/C16H25N3O2.C2H6/c1-12(20)7-9-14(17)15-10-8-13(11-19-15)5-3-2-4-6-16(18)21;1-2/h8,10-11,14H,2-7,9,17H2,1H3,(H2,18,21);1-2H3. The smallest absolute Gasteiger partial charge is 0.217 e. The van der Waals surface area contributed by atoms with E-state index >= 15 is 0 Å². The highest BCUT2D eigenvalue weighted by Crippen LogP contribution is 2.15. The van der Waals surface area contributed by atoms with E-state index in [-0.39, 0.29) is 17.7 Å². The first-order valence-corrected chi connectivity index (χ1v) is 8.47. The number of aryl methyl sites for hydroxylation is 1. The molecule has 4 N–H and O–H groups in total. The molecular formula is C18H31N3O2. The summed E-state index contributed by atoms with van der Waals surface area (Å²) in [5, 5.41) is 0. The highest BCUT2D eigenvalue weighted by Gasteiger charge is 2.08. The van der Waals surface area contributed by atoms with Crippen LogP contribution in [0.3, 0.4) is 0 Å². The van der Waals surface area contributed by atoms with Crippen molar-refractivity contribution in [3.63, 3.8) is 0 Å². The van der Waals surface area contributed by atoms with Crippen molar-refractivity contribution in [3.8, 4) is 0 Å². The van der Waals surface area contributed by atoms with Crippen LogP contribution < -0.4 is 11.5 Å². The molecule has 0 fully saturated rings. The van der Waals surface area contributed by atoms with Gasteiger partial charge in [0, 0.05) is 25.1 Å². The van der Waals surface area contributed by atoms with E-state index in [9.17, 15) is 9.59 Å². The van der Waals surface area contributed by atoms with Gasteiger partial charge in [-0.25, -0.2) is 0 Å². The number of carbonyl (C=O) groups excluding carboxylic acids is 2. The summed E-state index contributed by atoms with van der Waals surface area (Å²) in [6.07, 6.45) is 7.22. The molecule has 5 nitrogen and oxygen atoms in total. The molecule has 0 saturated carbocycles. The molecule has 1 aromatic heterocycles. The number of aromatic nitrogens is 1. The van der Waals surface area contributed by atoms with Crippen molar-refractivity contribution in [2.24, 2.45) is 11.5 Å². The number of nitrogens with zero attached hydrogens (tertiary/aromatic N) is 1. The molecule has 0 spiro atoms. The average Bonchev–Trinajstić information content (AvgIpc) is 2.54. The SMILES string of the molecule is CC.CC(=O)CCC(N)c1ccc(CCCCCC(N)=O)cn1. The molecular weight excluding hydrogens is 290 g/mol. The van der Waals surface area contributed by atoms with Gasteiger partial charge in [0.05, 0.1) is 5.69 Å². The van der Waals surface area contributed by atoms with E-state index < -0.39 is 0 Å². The van der Waals surface area contributed by atoms with Gasteiger partial charge in [-0.05, 0) is 44.2 Å². The quantitative estimate of drug-likeness (QED) is 0.647. The molecule has 0 aliphatic heterocycles. The molecule has 1 rings (SSSR count). The molecule has 0 aliphatic carbocycles. The van der Waals surface area contributed by atoms with Gasteiger partial charge in [0.15, 0.2) is 0 Å². The summed E-state index contributed by atoms with van der Waals surface area (Å²) >= 11 is 0. The summed E-state index contributed by atoms with van der Waals surface area (Å²) in [4.78, 5) is 25.9. The summed E-state index contributed by atoms with van der Waals surface area (Å²) in [5.41, 5.74) is 13.1. The third kappa shape index (κ3) is 10.6. The molecule has 1 heterocycles. The Morgan fingerprint density at radius 3 is 2.35 bits per heavy atom. The lowest BCUT2D eigenvalue weighted by Gasteiger charge is -2.10. The van der Waals surface area contributed by atoms with Gasteiger partial charge in [0.25, 0.3) is 0 Å². The van der Waals surface area contributed by atoms with Crippen molar-refractivity contribution in [2.75, 3.05) is 0 Å². The summed E-state index contributed by atoms with van der Waals surface area (Å²) in [6.45, 7) is 5.57. The van der Waals surface area contributed by atoms with Crippen LogP contribution in [-0.4, -0.2) is 16.7 Å². The van der Waals surface area contributed by atoms with Crippen LogP contribution in [0.1, 0.15) is 76.6 Å². The van der Waals surface area contributed by atoms with Crippen LogP contribution in [0, 0.1) is 0 Å². The molecule has 1 aromatic rings. The van der Waals surface area contributed by atoms with E-state index in [0.29, 0.717) is 19.3 Å². The maximum Gasteiger partial charge on any atom is 0.217 e. The van der Waals surface area contributed by atoms with Crippen LogP contribution in [0.4, 0.5) is 0 Å². The van der Waals surface area contributed by atoms with Crippen molar-refractivity contribution in [1.29, 1.82) is 0 Å². The normalized spacial score (nSPS) is 11.3. The van der Waals surface area contributed by atoms with Crippen LogP contribution in [0.5, 0.6) is 0 Å². The number of nitrogens with two attached hydrogens (primary N) is 2. The fraction of sp³-hybridized carbons (Fsp3) is 0.611. The molecule has 0 radical (unpaired) electrons. The largest absolute Gasteiger partial charge is 0.370 e. The Bertz CT molecular complexity index is 458. The van der Waals surface area contributed by atoms with Crippen LogP contribution in [-0.2, 0) is 16.0 Å². The summed E-state index contributed by atoms with van der Waals surface area (Å²) in [7, 11) is 0. The molecule has 1 amide bonds. The molecule has 23 heavy (non-hydrogen) atoms. The number of rotatable bonds is 10. The minimum absolute atomic E-state index is 0.151. The topological polar surface area (TPSA) is 99.1 Å². The number of pyridine rings is 1. The number of ketones is 1. The van der Waals surface area contributed by atoms with E-state index in [4.69, 9.17) is 11.5 Å². The van der Waals surface area contributed by atoms with Crippen LogP contribution in [0.25, 0.3) is 0 Å². The number of Topliss-reactive ketones (excluding diaryl/α,β-unsaturated/α-hetero) is 1. The van der Waals surface area contributed by atoms with E-state index in [2.05, 4.69) is 4.98 Å². The maximum atomic E-state index is 10.9. The lowest BCUT2D eigenvalue weighted by Crippen LogP contribution is -2.13. The summed E-state index contributed by atoms with van der Waals surface area (Å²) in [6, 6.07) is 3.78. The highest BCUT2D eigenvalue weighted by atomic mass is 16.1. The zero-order valence-corrected chi connectivity index (χ0v) is 14.7. The minimum atomic E-state index is -0.236. The van der Waals surface area contributed by atoms with Gasteiger partial charge in [-0.15, -0.1) is 0 Å². The Hall–Kier alpha value is -1.75. The fourth-order valence-corrected chi connectivity index (χ4v) is 2.11. The third-order valence-corrected chi connectivity index (χ3v) is 3.42. The number of carbonyl (C=O) groups is 2. The van der Waals surface area contributed by atoms with E-state index in [0.717, 1.165) is 36.9 Å². The Morgan fingerprint density at radius 1 is 1.13 bits per heavy atom. The maximum absolute atomic E-state index is 10.9. The molecule has 1 unspecified atom stereocenters. The number of primary amides is 1. The summed E-state index contributed by atoms with van der Waals surface area (Å²) in [5.74, 6) is -0.0846. The van der Waals surface area contributed by atoms with Crippen molar-refractivity contribution in [2.45, 2.75) is 71.8 Å². The molecule has 0 aromatic carbocycles. The highest BCUT2D eigenvalue weighted by molar-refractivity contribution is 5.75. The first-order chi connectivity index (χ1) is 11.0. The first kappa shape index (κ1) is 21.2. The van der Waals surface area contributed by atoms with Crippen LogP contribution in [0.2, 0.25) is 0 Å². The zero-order chi connectivity index (χ0) is 17.7. The van der Waals surface area contributed by atoms with Crippen molar-refractivity contribution < 1.29 is 9.59 Å². The lowest BCUT2D eigenvalue weighted by atomic mass is 10.0. The van der Waals surface area contributed by atoms with E-state index in [1.54, 1.807) is 6.92 Å². The zero-order valence-electron chi connectivity index (χ0n) is 14.7. The fourth-order valence-electron chi connectivity index (χ4n) is 2.11. The van der Waals surface area contributed by atoms with Gasteiger partial charge in [0.1, 0.15) is 5.78 Å². The van der Waals surface area contributed by atoms with Gasteiger partial charge in [-0.3, -0.25) is 9.78 Å². The van der Waals surface area contributed by atoms with Gasteiger partial charge < -0.3 is 16.3 Å². The Kier molecular flexibility index (Phi) is 11.8. The molecule has 130 valence electrons. The first-order valence-electron chi connectivity index (χ1n) is 8.47.